The zero-order valence-electron chi connectivity index (χ0n) is 7.59. The van der Waals surface area contributed by atoms with Crippen LogP contribution < -0.4 is 5.32 Å². The Morgan fingerprint density at radius 3 is 3.07 bits per heavy atom. The highest BCUT2D eigenvalue weighted by Gasteiger charge is 2.15. The normalized spacial score (nSPS) is 21.1. The van der Waals surface area contributed by atoms with Crippen LogP contribution in [0, 0.1) is 3.57 Å². The first-order chi connectivity index (χ1) is 6.75. The van der Waals surface area contributed by atoms with E-state index in [2.05, 4.69) is 62.0 Å². The van der Waals surface area contributed by atoms with Crippen LogP contribution in [0.5, 0.6) is 0 Å². The molecule has 0 aliphatic carbocycles. The van der Waals surface area contributed by atoms with Crippen LogP contribution in [-0.2, 0) is 0 Å². The van der Waals surface area contributed by atoms with Crippen LogP contribution in [0.1, 0.15) is 6.42 Å². The Hall–Kier alpha value is 0.580. The van der Waals surface area contributed by atoms with Gasteiger partial charge in [0, 0.05) is 25.5 Å². The summed E-state index contributed by atoms with van der Waals surface area (Å²) in [4.78, 5) is 0. The van der Waals surface area contributed by atoms with E-state index in [4.69, 9.17) is 0 Å². The number of halogens is 2. The summed E-state index contributed by atoms with van der Waals surface area (Å²) in [6, 6.07) is 7.05. The minimum Gasteiger partial charge on any atom is -0.381 e. The van der Waals surface area contributed by atoms with Gasteiger partial charge in [-0.1, -0.05) is 0 Å². The van der Waals surface area contributed by atoms with Crippen molar-refractivity contribution in [2.45, 2.75) is 12.5 Å². The number of benzene rings is 1. The molecular weight excluding hydrogens is 373 g/mol. The molecule has 76 valence electrons. The second-order valence-electron chi connectivity index (χ2n) is 3.33. The lowest BCUT2D eigenvalue weighted by Crippen LogP contribution is -2.18. The van der Waals surface area contributed by atoms with Gasteiger partial charge in [0.2, 0.25) is 0 Å². The van der Waals surface area contributed by atoms with Crippen molar-refractivity contribution in [2.75, 3.05) is 16.8 Å². The Morgan fingerprint density at radius 1 is 1.50 bits per heavy atom. The van der Waals surface area contributed by atoms with Crippen molar-refractivity contribution >= 4 is 56.0 Å². The van der Waals surface area contributed by atoms with Crippen molar-refractivity contribution < 1.29 is 0 Å². The molecule has 14 heavy (non-hydrogen) atoms. The molecule has 1 N–H and O–H groups in total. The molecule has 1 aliphatic rings. The summed E-state index contributed by atoms with van der Waals surface area (Å²) in [7, 11) is 0. The average molecular weight is 384 g/mol. The van der Waals surface area contributed by atoms with E-state index >= 15 is 0 Å². The van der Waals surface area contributed by atoms with Crippen LogP contribution in [0.4, 0.5) is 5.69 Å². The molecule has 0 amide bonds. The molecule has 2 rings (SSSR count). The van der Waals surface area contributed by atoms with Gasteiger partial charge in [0.05, 0.1) is 0 Å². The summed E-state index contributed by atoms with van der Waals surface area (Å²) >= 11 is 7.94. The number of thioether (sulfide) groups is 1. The number of hydrogen-bond acceptors (Lipinski definition) is 2. The lowest BCUT2D eigenvalue weighted by Gasteiger charge is -2.14. The van der Waals surface area contributed by atoms with E-state index in [1.807, 2.05) is 11.8 Å². The number of nitrogens with one attached hydrogen (secondary N) is 1. The van der Waals surface area contributed by atoms with Crippen LogP contribution >= 0.6 is 50.3 Å². The first kappa shape index (κ1) is 11.1. The third-order valence-corrected chi connectivity index (χ3v) is 4.74. The van der Waals surface area contributed by atoms with Crippen LogP contribution in [-0.4, -0.2) is 17.5 Å². The van der Waals surface area contributed by atoms with Crippen molar-refractivity contribution in [3.63, 3.8) is 0 Å². The first-order valence-electron chi connectivity index (χ1n) is 4.55. The SMILES string of the molecule is Brc1ccc(I)cc1NC1CCSC1. The van der Waals surface area contributed by atoms with Gasteiger partial charge in [-0.2, -0.15) is 11.8 Å². The maximum atomic E-state index is 3.58. The van der Waals surface area contributed by atoms with E-state index in [1.165, 1.54) is 27.2 Å². The highest BCUT2D eigenvalue weighted by atomic mass is 127. The largest absolute Gasteiger partial charge is 0.381 e. The fraction of sp³-hybridized carbons (Fsp3) is 0.400. The molecule has 1 fully saturated rings. The van der Waals surface area contributed by atoms with Crippen molar-refractivity contribution in [2.24, 2.45) is 0 Å². The molecule has 1 saturated heterocycles. The Morgan fingerprint density at radius 2 is 2.36 bits per heavy atom. The average Bonchev–Trinajstić information content (AvgIpc) is 2.64. The predicted octanol–water partition coefficient (Wildman–Crippen LogP) is 3.97. The topological polar surface area (TPSA) is 12.0 Å². The third-order valence-electron chi connectivity index (χ3n) is 2.22. The second-order valence-corrected chi connectivity index (χ2v) is 6.58. The van der Waals surface area contributed by atoms with E-state index in [1.54, 1.807) is 0 Å². The second kappa shape index (κ2) is 5.07. The molecule has 1 aromatic rings. The quantitative estimate of drug-likeness (QED) is 0.775. The van der Waals surface area contributed by atoms with Gasteiger partial charge < -0.3 is 5.32 Å². The van der Waals surface area contributed by atoms with E-state index in [9.17, 15) is 0 Å². The number of hydrogen-bond donors (Lipinski definition) is 1. The molecule has 1 atom stereocenters. The Balaban J connectivity index is 2.10. The Labute approximate surface area is 111 Å². The Kier molecular flexibility index (Phi) is 4.01. The van der Waals surface area contributed by atoms with Gasteiger partial charge in [0.25, 0.3) is 0 Å². The summed E-state index contributed by atoms with van der Waals surface area (Å²) in [5.41, 5.74) is 1.23. The van der Waals surface area contributed by atoms with Gasteiger partial charge in [0.15, 0.2) is 0 Å². The van der Waals surface area contributed by atoms with Gasteiger partial charge in [-0.25, -0.2) is 0 Å². The number of anilines is 1. The van der Waals surface area contributed by atoms with Crippen molar-refractivity contribution in [3.05, 3.63) is 26.2 Å². The smallest absolute Gasteiger partial charge is 0.0497 e. The van der Waals surface area contributed by atoms with Crippen LogP contribution in [0.15, 0.2) is 22.7 Å². The fourth-order valence-corrected chi connectivity index (χ4v) is 3.48. The van der Waals surface area contributed by atoms with E-state index in [-0.39, 0.29) is 0 Å². The zero-order valence-corrected chi connectivity index (χ0v) is 12.2. The molecule has 0 saturated carbocycles. The lowest BCUT2D eigenvalue weighted by molar-refractivity contribution is 0.812. The summed E-state index contributed by atoms with van der Waals surface area (Å²) in [5.74, 6) is 2.52. The molecule has 1 unspecified atom stereocenters. The van der Waals surface area contributed by atoms with Gasteiger partial charge in [-0.15, -0.1) is 0 Å². The first-order valence-corrected chi connectivity index (χ1v) is 7.57. The molecule has 0 aromatic heterocycles. The van der Waals surface area contributed by atoms with Crippen molar-refractivity contribution in [1.29, 1.82) is 0 Å². The predicted molar refractivity (Wildman–Crippen MR) is 76.2 cm³/mol. The number of rotatable bonds is 2. The molecule has 0 spiro atoms. The highest BCUT2D eigenvalue weighted by molar-refractivity contribution is 14.1. The van der Waals surface area contributed by atoms with E-state index in [0.29, 0.717) is 6.04 Å². The maximum Gasteiger partial charge on any atom is 0.0497 e. The van der Waals surface area contributed by atoms with Crippen molar-refractivity contribution in [1.82, 2.24) is 0 Å². The summed E-state index contributed by atoms with van der Waals surface area (Å²) < 4.78 is 2.44. The summed E-state index contributed by atoms with van der Waals surface area (Å²) in [6.07, 6.45) is 1.28. The maximum absolute atomic E-state index is 3.58. The van der Waals surface area contributed by atoms with Crippen molar-refractivity contribution in [3.8, 4) is 0 Å². The van der Waals surface area contributed by atoms with Gasteiger partial charge in [0.1, 0.15) is 0 Å². The molecule has 4 heteroatoms. The van der Waals surface area contributed by atoms with Gasteiger partial charge in [-0.3, -0.25) is 0 Å². The standard InChI is InChI=1S/C10H11BrINS/c11-9-2-1-7(12)5-10(9)13-8-3-4-14-6-8/h1-2,5,8,13H,3-4,6H2. The van der Waals surface area contributed by atoms with Gasteiger partial charge >= 0.3 is 0 Å². The van der Waals surface area contributed by atoms with Crippen LogP contribution in [0.3, 0.4) is 0 Å². The molecule has 1 heterocycles. The van der Waals surface area contributed by atoms with E-state index in [0.717, 1.165) is 4.47 Å². The summed E-state index contributed by atoms with van der Waals surface area (Å²) in [6.45, 7) is 0. The monoisotopic (exact) mass is 383 g/mol. The molecule has 1 aliphatic heterocycles. The summed E-state index contributed by atoms with van der Waals surface area (Å²) in [5, 5.41) is 3.58. The fourth-order valence-electron chi connectivity index (χ4n) is 1.48. The van der Waals surface area contributed by atoms with Gasteiger partial charge in [-0.05, 0) is 68.9 Å². The van der Waals surface area contributed by atoms with Crippen LogP contribution in [0.2, 0.25) is 0 Å². The molecule has 1 aromatic carbocycles. The molecule has 1 nitrogen and oxygen atoms in total. The highest BCUT2D eigenvalue weighted by Crippen LogP contribution is 2.28. The zero-order chi connectivity index (χ0) is 9.97. The van der Waals surface area contributed by atoms with Crippen LogP contribution in [0.25, 0.3) is 0 Å². The molecular formula is C10H11BrINS. The third kappa shape index (κ3) is 2.79. The molecule has 0 bridgehead atoms. The Bertz CT molecular complexity index is 326. The van der Waals surface area contributed by atoms with E-state index < -0.39 is 0 Å². The minimum atomic E-state index is 0.648. The lowest BCUT2D eigenvalue weighted by atomic mass is 10.2. The minimum absolute atomic E-state index is 0.648. The molecule has 0 radical (unpaired) electrons.